The van der Waals surface area contributed by atoms with Crippen molar-refractivity contribution >= 4 is 22.1 Å². The molecule has 0 heterocycles. The molecule has 30 heavy (non-hydrogen) atoms. The molecule has 0 bridgehead atoms. The zero-order chi connectivity index (χ0) is 21.8. The van der Waals surface area contributed by atoms with Gasteiger partial charge in [-0.25, -0.2) is 0 Å². The third kappa shape index (κ3) is 14.2. The zero-order valence-corrected chi connectivity index (χ0v) is 26.1. The molecule has 2 atom stereocenters. The van der Waals surface area contributed by atoms with Crippen molar-refractivity contribution in [2.45, 2.75) is 96.1 Å². The molecule has 2 unspecified atom stereocenters. The molecular weight excluding hydrogens is 462 g/mol. The SMILES string of the molecule is C=C(C)CC(CCCCCCCCCCCC)(C(=O)[O-])C(C(=O)[O-])S(=O)(=O)O.[K+].[K+]. The molecule has 0 saturated carbocycles. The Hall–Kier alpha value is 1.86. The van der Waals surface area contributed by atoms with Gasteiger partial charge in [0.05, 0.1) is 5.97 Å². The number of carboxylic acid groups (broad SMARTS) is 2. The van der Waals surface area contributed by atoms with Crippen molar-refractivity contribution in [3.05, 3.63) is 12.2 Å². The van der Waals surface area contributed by atoms with Crippen LogP contribution in [0.5, 0.6) is 0 Å². The van der Waals surface area contributed by atoms with Gasteiger partial charge in [0.1, 0.15) is 5.25 Å². The molecule has 0 aromatic carbocycles. The van der Waals surface area contributed by atoms with Crippen molar-refractivity contribution in [1.82, 2.24) is 0 Å². The van der Waals surface area contributed by atoms with Gasteiger partial charge in [-0.1, -0.05) is 76.7 Å². The van der Waals surface area contributed by atoms with E-state index in [-0.39, 0.29) is 115 Å². The smallest absolute Gasteiger partial charge is 0.549 e. The van der Waals surface area contributed by atoms with Gasteiger partial charge in [-0.05, 0) is 19.8 Å². The van der Waals surface area contributed by atoms with E-state index in [1.54, 1.807) is 0 Å². The van der Waals surface area contributed by atoms with E-state index in [4.69, 9.17) is 0 Å². The summed E-state index contributed by atoms with van der Waals surface area (Å²) in [6.45, 7) is 7.19. The van der Waals surface area contributed by atoms with Crippen molar-refractivity contribution in [3.63, 3.8) is 0 Å². The number of carbonyl (C=O) groups is 2. The Morgan fingerprint density at radius 3 is 1.63 bits per heavy atom. The number of carboxylic acids is 2. The number of unbranched alkanes of at least 4 members (excludes halogenated alkanes) is 9. The van der Waals surface area contributed by atoms with E-state index in [1.165, 1.54) is 32.6 Å². The molecule has 0 fully saturated rings. The Bertz CT molecular complexity index is 623. The van der Waals surface area contributed by atoms with Crippen LogP contribution in [0.3, 0.4) is 0 Å². The van der Waals surface area contributed by atoms with Gasteiger partial charge >= 0.3 is 103 Å². The number of carbonyl (C=O) groups excluding carboxylic acids is 2. The van der Waals surface area contributed by atoms with Crippen molar-refractivity contribution in [2.75, 3.05) is 0 Å². The summed E-state index contributed by atoms with van der Waals surface area (Å²) in [5.41, 5.74) is -2.02. The molecule has 0 amide bonds. The molecule has 7 nitrogen and oxygen atoms in total. The zero-order valence-electron chi connectivity index (χ0n) is 19.1. The van der Waals surface area contributed by atoms with Crippen LogP contribution in [0.1, 0.15) is 90.9 Å². The monoisotopic (exact) mass is 496 g/mol. The van der Waals surface area contributed by atoms with Crippen LogP contribution in [0.15, 0.2) is 12.2 Å². The number of allylic oxidation sites excluding steroid dienone is 1. The standard InChI is InChI=1S/C20H36O7S.2K/c1-4-5-6-7-8-9-10-11-12-13-14-20(19(23)24,15-16(2)3)17(18(21)22)28(25,26)27;;/h17H,2,4-15H2,1,3H3,(H,21,22)(H,23,24)(H,25,26,27);;/q;2*+1/p-2. The summed E-state index contributed by atoms with van der Waals surface area (Å²) in [6, 6.07) is 0. The first-order valence-electron chi connectivity index (χ1n) is 10.0. The first-order chi connectivity index (χ1) is 13.0. The number of aliphatic carboxylic acids is 2. The average molecular weight is 497 g/mol. The minimum Gasteiger partial charge on any atom is -0.549 e. The fourth-order valence-corrected chi connectivity index (χ4v) is 4.80. The number of hydrogen-bond acceptors (Lipinski definition) is 6. The molecule has 0 aliphatic rings. The van der Waals surface area contributed by atoms with E-state index in [0.29, 0.717) is 12.8 Å². The molecule has 0 spiro atoms. The van der Waals surface area contributed by atoms with E-state index < -0.39 is 39.1 Å². The molecule has 164 valence electrons. The Morgan fingerprint density at radius 2 is 1.33 bits per heavy atom. The predicted octanol–water partition coefficient (Wildman–Crippen LogP) is -3.99. The quantitative estimate of drug-likeness (QED) is 0.0939. The Balaban J connectivity index is -0.00000364. The topological polar surface area (TPSA) is 135 Å². The summed E-state index contributed by atoms with van der Waals surface area (Å²) in [5.74, 6) is -3.99. The molecule has 0 radical (unpaired) electrons. The third-order valence-electron chi connectivity index (χ3n) is 5.01. The number of hydrogen-bond donors (Lipinski definition) is 1. The van der Waals surface area contributed by atoms with Gasteiger partial charge in [-0.3, -0.25) is 4.55 Å². The fraction of sp³-hybridized carbons (Fsp3) is 0.800. The summed E-state index contributed by atoms with van der Waals surface area (Å²) in [4.78, 5) is 23.2. The summed E-state index contributed by atoms with van der Waals surface area (Å²) in [6.07, 6.45) is 9.15. The normalized spacial score (nSPS) is 14.0. The summed E-state index contributed by atoms with van der Waals surface area (Å²) < 4.78 is 32.5. The average Bonchev–Trinajstić information content (AvgIpc) is 2.53. The molecule has 0 aromatic rings. The first-order valence-corrected chi connectivity index (χ1v) is 11.5. The van der Waals surface area contributed by atoms with Crippen molar-refractivity contribution in [1.29, 1.82) is 0 Å². The Morgan fingerprint density at radius 1 is 0.933 bits per heavy atom. The van der Waals surface area contributed by atoms with Gasteiger partial charge in [0, 0.05) is 11.4 Å². The molecule has 0 rings (SSSR count). The molecule has 0 aliphatic heterocycles. The fourth-order valence-electron chi connectivity index (χ4n) is 3.69. The summed E-state index contributed by atoms with van der Waals surface area (Å²) in [5, 5.41) is 20.6. The Labute approximate surface area is 266 Å². The molecule has 0 saturated heterocycles. The van der Waals surface area contributed by atoms with Crippen LogP contribution in [0.25, 0.3) is 0 Å². The van der Waals surface area contributed by atoms with Gasteiger partial charge in [0.15, 0.2) is 0 Å². The van der Waals surface area contributed by atoms with Gasteiger partial charge in [-0.2, -0.15) is 8.42 Å². The largest absolute Gasteiger partial charge is 1.00 e. The minimum absolute atomic E-state index is 0. The van der Waals surface area contributed by atoms with E-state index in [0.717, 1.165) is 25.7 Å². The second kappa shape index (κ2) is 19.2. The van der Waals surface area contributed by atoms with Crippen molar-refractivity contribution in [2.24, 2.45) is 5.41 Å². The second-order valence-corrected chi connectivity index (χ2v) is 9.22. The maximum absolute atomic E-state index is 11.8. The van der Waals surface area contributed by atoms with E-state index in [9.17, 15) is 32.8 Å². The van der Waals surface area contributed by atoms with Crippen LogP contribution in [0, 0.1) is 5.41 Å². The minimum atomic E-state index is -5.20. The van der Waals surface area contributed by atoms with E-state index in [2.05, 4.69) is 13.5 Å². The predicted molar refractivity (Wildman–Crippen MR) is 104 cm³/mol. The second-order valence-electron chi connectivity index (χ2n) is 7.72. The van der Waals surface area contributed by atoms with E-state index >= 15 is 0 Å². The van der Waals surface area contributed by atoms with Gasteiger partial charge in [0.2, 0.25) is 0 Å². The van der Waals surface area contributed by atoms with Crippen LogP contribution < -0.4 is 113 Å². The summed E-state index contributed by atoms with van der Waals surface area (Å²) in [7, 11) is -5.20. The number of rotatable bonds is 17. The van der Waals surface area contributed by atoms with E-state index in [1.807, 2.05) is 0 Å². The van der Waals surface area contributed by atoms with Crippen LogP contribution in [-0.4, -0.2) is 30.2 Å². The molecule has 10 heteroatoms. The molecular formula is C20H34K2O7S. The van der Waals surface area contributed by atoms with Gasteiger partial charge in [-0.15, -0.1) is 6.58 Å². The maximum Gasteiger partial charge on any atom is 1.00 e. The van der Waals surface area contributed by atoms with Gasteiger partial charge in [0.25, 0.3) is 10.1 Å². The van der Waals surface area contributed by atoms with Crippen molar-refractivity contribution in [3.8, 4) is 0 Å². The van der Waals surface area contributed by atoms with Crippen LogP contribution >= 0.6 is 0 Å². The molecule has 0 aromatic heterocycles. The van der Waals surface area contributed by atoms with Crippen molar-refractivity contribution < 1.29 is 136 Å². The first kappa shape index (κ1) is 36.4. The van der Waals surface area contributed by atoms with Gasteiger partial charge < -0.3 is 19.8 Å². The van der Waals surface area contributed by atoms with Crippen LogP contribution in [0.2, 0.25) is 0 Å². The third-order valence-corrected chi connectivity index (χ3v) is 6.25. The molecule has 1 N–H and O–H groups in total. The van der Waals surface area contributed by atoms with Crippen LogP contribution in [-0.2, 0) is 19.7 Å². The maximum atomic E-state index is 11.8. The van der Waals surface area contributed by atoms with Crippen LogP contribution in [0.4, 0.5) is 0 Å². The Kier molecular flexibility index (Phi) is 23.3. The summed E-state index contributed by atoms with van der Waals surface area (Å²) >= 11 is 0. The molecule has 0 aliphatic carbocycles.